The van der Waals surface area contributed by atoms with Crippen LogP contribution in [0, 0.1) is 0 Å². The number of anilines is 1. The highest BCUT2D eigenvalue weighted by atomic mass is 16.3. The summed E-state index contributed by atoms with van der Waals surface area (Å²) in [6.07, 6.45) is 6.45. The zero-order valence-electron chi connectivity index (χ0n) is 15.2. The highest BCUT2D eigenvalue weighted by molar-refractivity contribution is 5.45. The van der Waals surface area contributed by atoms with Crippen LogP contribution in [-0.2, 0) is 0 Å². The Hall–Kier alpha value is -1.73. The number of fused-ring (bicyclic) bond motifs is 1. The van der Waals surface area contributed by atoms with E-state index in [2.05, 4.69) is 15.1 Å². The summed E-state index contributed by atoms with van der Waals surface area (Å²) in [7, 11) is 3.98. The van der Waals surface area contributed by atoms with Crippen molar-refractivity contribution in [1.29, 1.82) is 0 Å². The first-order chi connectivity index (χ1) is 12.1. The van der Waals surface area contributed by atoms with E-state index in [1.54, 1.807) is 0 Å². The van der Waals surface area contributed by atoms with Crippen LogP contribution < -0.4 is 4.90 Å². The lowest BCUT2D eigenvalue weighted by molar-refractivity contribution is 0.00826. The number of aromatic nitrogens is 4. The first kappa shape index (κ1) is 16.7. The zero-order valence-corrected chi connectivity index (χ0v) is 15.2. The van der Waals surface area contributed by atoms with Crippen LogP contribution in [0.2, 0.25) is 0 Å². The quantitative estimate of drug-likeness (QED) is 0.913. The summed E-state index contributed by atoms with van der Waals surface area (Å²) in [6, 6.07) is 4.30. The minimum atomic E-state index is -0.150. The number of aliphatic hydroxyl groups excluding tert-OH is 1. The summed E-state index contributed by atoms with van der Waals surface area (Å²) >= 11 is 0. The third kappa shape index (κ3) is 3.22. The van der Waals surface area contributed by atoms with Crippen molar-refractivity contribution < 1.29 is 5.11 Å². The van der Waals surface area contributed by atoms with E-state index in [4.69, 9.17) is 5.10 Å². The normalized spacial score (nSPS) is 26.2. The molecule has 7 nitrogen and oxygen atoms in total. The van der Waals surface area contributed by atoms with E-state index in [1.807, 2.05) is 35.6 Å². The lowest BCUT2D eigenvalue weighted by Gasteiger charge is -2.41. The van der Waals surface area contributed by atoms with Gasteiger partial charge in [0.2, 0.25) is 0 Å². The summed E-state index contributed by atoms with van der Waals surface area (Å²) in [5, 5.41) is 23.7. The Morgan fingerprint density at radius 3 is 2.52 bits per heavy atom. The standard InChI is InChI=1S/C18H28N6O/c1-22(2)17-8-7-16-19-20-18(24(16)21-17)13-9-11-23(12-10-13)14-5-3-4-6-15(14)25/h7-8,13-15,25H,3-6,9-12H2,1-2H3. The predicted molar refractivity (Wildman–Crippen MR) is 96.9 cm³/mol. The number of hydrogen-bond acceptors (Lipinski definition) is 6. The molecule has 1 aliphatic heterocycles. The number of rotatable bonds is 3. The van der Waals surface area contributed by atoms with Gasteiger partial charge in [0.1, 0.15) is 5.82 Å². The second kappa shape index (κ2) is 6.88. The monoisotopic (exact) mass is 344 g/mol. The van der Waals surface area contributed by atoms with Crippen LogP contribution in [0.3, 0.4) is 0 Å². The van der Waals surface area contributed by atoms with Gasteiger partial charge in [-0.3, -0.25) is 4.90 Å². The molecule has 0 radical (unpaired) electrons. The third-order valence-corrected chi connectivity index (χ3v) is 5.79. The molecule has 25 heavy (non-hydrogen) atoms. The Balaban J connectivity index is 1.49. The van der Waals surface area contributed by atoms with Gasteiger partial charge >= 0.3 is 0 Å². The maximum atomic E-state index is 10.3. The van der Waals surface area contributed by atoms with Crippen LogP contribution in [0.15, 0.2) is 12.1 Å². The minimum Gasteiger partial charge on any atom is -0.391 e. The van der Waals surface area contributed by atoms with Crippen molar-refractivity contribution in [2.45, 2.75) is 56.6 Å². The van der Waals surface area contributed by atoms with Gasteiger partial charge in [-0.2, -0.15) is 4.52 Å². The molecule has 2 aliphatic rings. The predicted octanol–water partition coefficient (Wildman–Crippen LogP) is 1.67. The number of likely N-dealkylation sites (tertiary alicyclic amines) is 1. The van der Waals surface area contributed by atoms with Crippen molar-refractivity contribution >= 4 is 11.5 Å². The molecule has 0 spiro atoms. The van der Waals surface area contributed by atoms with E-state index in [9.17, 15) is 5.11 Å². The molecule has 0 amide bonds. The smallest absolute Gasteiger partial charge is 0.178 e. The van der Waals surface area contributed by atoms with Crippen LogP contribution in [-0.4, -0.2) is 69.1 Å². The summed E-state index contributed by atoms with van der Waals surface area (Å²) < 4.78 is 1.91. The van der Waals surface area contributed by atoms with Crippen molar-refractivity contribution in [2.24, 2.45) is 0 Å². The van der Waals surface area contributed by atoms with Crippen LogP contribution in [0.5, 0.6) is 0 Å². The van der Waals surface area contributed by atoms with Gasteiger partial charge < -0.3 is 10.0 Å². The maximum Gasteiger partial charge on any atom is 0.178 e. The molecule has 2 aromatic rings. The third-order valence-electron chi connectivity index (χ3n) is 5.79. The SMILES string of the molecule is CN(C)c1ccc2nnc(C3CCN(C4CCCCC4O)CC3)n2n1. The summed E-state index contributed by atoms with van der Waals surface area (Å²) in [5.74, 6) is 2.27. The Kier molecular flexibility index (Phi) is 4.60. The minimum absolute atomic E-state index is 0.150. The molecule has 1 aliphatic carbocycles. The number of aliphatic hydroxyl groups is 1. The van der Waals surface area contributed by atoms with Gasteiger partial charge in [0.15, 0.2) is 11.5 Å². The van der Waals surface area contributed by atoms with Crippen molar-refractivity contribution in [3.63, 3.8) is 0 Å². The van der Waals surface area contributed by atoms with E-state index >= 15 is 0 Å². The average molecular weight is 344 g/mol. The number of piperidine rings is 1. The first-order valence-corrected chi connectivity index (χ1v) is 9.45. The Bertz CT molecular complexity index is 721. The zero-order chi connectivity index (χ0) is 17.4. The fourth-order valence-electron chi connectivity index (χ4n) is 4.30. The molecule has 2 atom stereocenters. The molecule has 136 valence electrons. The molecule has 2 unspecified atom stereocenters. The van der Waals surface area contributed by atoms with E-state index < -0.39 is 0 Å². The first-order valence-electron chi connectivity index (χ1n) is 9.45. The fourth-order valence-corrected chi connectivity index (χ4v) is 4.30. The second-order valence-corrected chi connectivity index (χ2v) is 7.64. The number of nitrogens with zero attached hydrogens (tertiary/aromatic N) is 6. The van der Waals surface area contributed by atoms with Crippen molar-refractivity contribution in [3.8, 4) is 0 Å². The molecule has 0 aromatic carbocycles. The molecule has 1 saturated carbocycles. The second-order valence-electron chi connectivity index (χ2n) is 7.64. The topological polar surface area (TPSA) is 69.8 Å². The lowest BCUT2D eigenvalue weighted by Crippen LogP contribution is -2.48. The summed E-state index contributed by atoms with van der Waals surface area (Å²) in [5.41, 5.74) is 0.811. The molecule has 3 heterocycles. The molecule has 4 rings (SSSR count). The van der Waals surface area contributed by atoms with Gasteiger partial charge in [-0.1, -0.05) is 12.8 Å². The molecule has 7 heteroatoms. The van der Waals surface area contributed by atoms with E-state index in [1.165, 1.54) is 12.8 Å². The van der Waals surface area contributed by atoms with Gasteiger partial charge in [-0.25, -0.2) is 0 Å². The Morgan fingerprint density at radius 2 is 1.80 bits per heavy atom. The largest absolute Gasteiger partial charge is 0.391 e. The molecule has 2 aromatic heterocycles. The Morgan fingerprint density at radius 1 is 1.04 bits per heavy atom. The molecular weight excluding hydrogens is 316 g/mol. The van der Waals surface area contributed by atoms with Crippen molar-refractivity contribution in [1.82, 2.24) is 24.7 Å². The maximum absolute atomic E-state index is 10.3. The molecular formula is C18H28N6O. The van der Waals surface area contributed by atoms with Gasteiger partial charge in [0, 0.05) is 26.1 Å². The Labute approximate surface area is 148 Å². The molecule has 0 bridgehead atoms. The van der Waals surface area contributed by atoms with Crippen LogP contribution >= 0.6 is 0 Å². The summed E-state index contributed by atoms with van der Waals surface area (Å²) in [4.78, 5) is 4.48. The van der Waals surface area contributed by atoms with Crippen molar-refractivity contribution in [3.05, 3.63) is 18.0 Å². The van der Waals surface area contributed by atoms with E-state index in [0.717, 1.165) is 56.1 Å². The van der Waals surface area contributed by atoms with E-state index in [-0.39, 0.29) is 6.10 Å². The molecule has 1 saturated heterocycles. The van der Waals surface area contributed by atoms with Crippen LogP contribution in [0.25, 0.3) is 5.65 Å². The van der Waals surface area contributed by atoms with Gasteiger partial charge in [-0.05, 0) is 50.9 Å². The highest BCUT2D eigenvalue weighted by Crippen LogP contribution is 2.31. The van der Waals surface area contributed by atoms with Gasteiger partial charge in [0.05, 0.1) is 6.10 Å². The van der Waals surface area contributed by atoms with Crippen LogP contribution in [0.4, 0.5) is 5.82 Å². The fraction of sp³-hybridized carbons (Fsp3) is 0.722. The number of hydrogen-bond donors (Lipinski definition) is 1. The van der Waals surface area contributed by atoms with Crippen molar-refractivity contribution in [2.75, 3.05) is 32.1 Å². The van der Waals surface area contributed by atoms with Gasteiger partial charge in [-0.15, -0.1) is 15.3 Å². The van der Waals surface area contributed by atoms with Crippen LogP contribution in [0.1, 0.15) is 50.3 Å². The molecule has 1 N–H and O–H groups in total. The van der Waals surface area contributed by atoms with Gasteiger partial charge in [0.25, 0.3) is 0 Å². The lowest BCUT2D eigenvalue weighted by atomic mass is 9.88. The van der Waals surface area contributed by atoms with E-state index in [0.29, 0.717) is 12.0 Å². The average Bonchev–Trinajstić information content (AvgIpc) is 3.05. The highest BCUT2D eigenvalue weighted by Gasteiger charge is 2.33. The summed E-state index contributed by atoms with van der Waals surface area (Å²) in [6.45, 7) is 2.04. The molecule has 2 fully saturated rings.